The van der Waals surface area contributed by atoms with Gasteiger partial charge in [-0.3, -0.25) is 4.79 Å². The Morgan fingerprint density at radius 1 is 1.53 bits per heavy atom. The molecule has 0 saturated carbocycles. The van der Waals surface area contributed by atoms with Crippen molar-refractivity contribution < 1.29 is 0 Å². The number of halogens is 1. The number of nitrogens with zero attached hydrogens (tertiary/aromatic N) is 4. The molecule has 0 radical (unpaired) electrons. The standard InChI is InChI=1S/C6H6BrN7O/c7-5-3(1-9-12-6(5)15)8-2-4-10-13-14-11-4/h1H,2H2,(H2,8,12,15)(H,10,11,13,14). The predicted molar refractivity (Wildman–Crippen MR) is 54.1 cm³/mol. The highest BCUT2D eigenvalue weighted by molar-refractivity contribution is 9.10. The molecule has 0 unspecified atom stereocenters. The Morgan fingerprint density at radius 2 is 2.40 bits per heavy atom. The fourth-order valence-electron chi connectivity index (χ4n) is 0.938. The van der Waals surface area contributed by atoms with Gasteiger partial charge in [0.2, 0.25) is 0 Å². The molecule has 9 heteroatoms. The number of tetrazole rings is 1. The van der Waals surface area contributed by atoms with Gasteiger partial charge in [-0.15, -0.1) is 10.2 Å². The van der Waals surface area contributed by atoms with Crippen LogP contribution in [-0.4, -0.2) is 30.8 Å². The first-order chi connectivity index (χ1) is 7.27. The first kappa shape index (κ1) is 9.77. The van der Waals surface area contributed by atoms with Crippen LogP contribution in [0.2, 0.25) is 0 Å². The van der Waals surface area contributed by atoms with Crippen molar-refractivity contribution in [3.05, 3.63) is 26.8 Å². The van der Waals surface area contributed by atoms with Gasteiger partial charge < -0.3 is 5.32 Å². The first-order valence-corrected chi connectivity index (χ1v) is 4.76. The largest absolute Gasteiger partial charge is 0.375 e. The number of hydrogen-bond acceptors (Lipinski definition) is 6. The highest BCUT2D eigenvalue weighted by atomic mass is 79.9. The molecule has 0 fully saturated rings. The number of aromatic amines is 2. The van der Waals surface area contributed by atoms with Crippen molar-refractivity contribution in [2.75, 3.05) is 5.32 Å². The summed E-state index contributed by atoms with van der Waals surface area (Å²) in [6, 6.07) is 0. The minimum atomic E-state index is -0.298. The SMILES string of the molecule is O=c1[nH]ncc(NCc2nn[nH]n2)c1Br. The first-order valence-electron chi connectivity index (χ1n) is 3.97. The molecule has 78 valence electrons. The van der Waals surface area contributed by atoms with Gasteiger partial charge in [0.05, 0.1) is 18.4 Å². The topological polar surface area (TPSA) is 112 Å². The summed E-state index contributed by atoms with van der Waals surface area (Å²) in [6.45, 7) is 0.361. The lowest BCUT2D eigenvalue weighted by atomic mass is 10.4. The lowest BCUT2D eigenvalue weighted by Crippen LogP contribution is -2.12. The fraction of sp³-hybridized carbons (Fsp3) is 0.167. The van der Waals surface area contributed by atoms with Crippen LogP contribution in [0, 0.1) is 0 Å². The van der Waals surface area contributed by atoms with E-state index >= 15 is 0 Å². The third kappa shape index (κ3) is 2.18. The van der Waals surface area contributed by atoms with E-state index in [-0.39, 0.29) is 5.56 Å². The highest BCUT2D eigenvalue weighted by Gasteiger charge is 2.04. The molecule has 15 heavy (non-hydrogen) atoms. The highest BCUT2D eigenvalue weighted by Crippen LogP contribution is 2.15. The van der Waals surface area contributed by atoms with Gasteiger partial charge in [-0.05, 0) is 15.9 Å². The summed E-state index contributed by atoms with van der Waals surface area (Å²) in [5.41, 5.74) is 0.275. The zero-order valence-corrected chi connectivity index (χ0v) is 8.95. The third-order valence-corrected chi connectivity index (χ3v) is 2.41. The van der Waals surface area contributed by atoms with E-state index in [0.717, 1.165) is 0 Å². The maximum Gasteiger partial charge on any atom is 0.280 e. The molecule has 0 bridgehead atoms. The van der Waals surface area contributed by atoms with E-state index in [4.69, 9.17) is 0 Å². The Balaban J connectivity index is 2.12. The average molecular weight is 272 g/mol. The quantitative estimate of drug-likeness (QED) is 0.704. The van der Waals surface area contributed by atoms with E-state index in [1.165, 1.54) is 6.20 Å². The second kappa shape index (κ2) is 4.17. The van der Waals surface area contributed by atoms with Crippen molar-refractivity contribution >= 4 is 21.6 Å². The average Bonchev–Trinajstić information content (AvgIpc) is 2.73. The maximum atomic E-state index is 11.1. The summed E-state index contributed by atoms with van der Waals surface area (Å²) in [6.07, 6.45) is 1.49. The van der Waals surface area contributed by atoms with Crippen LogP contribution < -0.4 is 10.9 Å². The summed E-state index contributed by atoms with van der Waals surface area (Å²) in [4.78, 5) is 11.1. The Kier molecular flexibility index (Phi) is 2.72. The van der Waals surface area contributed by atoms with Gasteiger partial charge in [0.15, 0.2) is 5.82 Å². The number of rotatable bonds is 3. The van der Waals surface area contributed by atoms with Crippen molar-refractivity contribution in [3.8, 4) is 0 Å². The molecule has 3 N–H and O–H groups in total. The van der Waals surface area contributed by atoms with Crippen molar-refractivity contribution in [1.29, 1.82) is 0 Å². The van der Waals surface area contributed by atoms with Gasteiger partial charge in [-0.1, -0.05) is 5.21 Å². The number of anilines is 1. The molecule has 0 saturated heterocycles. The van der Waals surface area contributed by atoms with Crippen LogP contribution >= 0.6 is 15.9 Å². The van der Waals surface area contributed by atoms with E-state index in [9.17, 15) is 4.79 Å². The second-order valence-corrected chi connectivity index (χ2v) is 3.40. The van der Waals surface area contributed by atoms with Gasteiger partial charge in [-0.25, -0.2) is 5.10 Å². The Hall–Kier alpha value is -1.77. The van der Waals surface area contributed by atoms with Gasteiger partial charge in [0.25, 0.3) is 5.56 Å². The summed E-state index contributed by atoms with van der Waals surface area (Å²) < 4.78 is 0.390. The number of hydrogen-bond donors (Lipinski definition) is 3. The van der Waals surface area contributed by atoms with E-state index in [1.54, 1.807) is 0 Å². The Morgan fingerprint density at radius 3 is 3.13 bits per heavy atom. The van der Waals surface area contributed by atoms with Crippen LogP contribution in [0.1, 0.15) is 5.82 Å². The molecule has 2 aromatic heterocycles. The fourth-order valence-corrected chi connectivity index (χ4v) is 1.27. The third-order valence-electron chi connectivity index (χ3n) is 1.62. The van der Waals surface area contributed by atoms with E-state index in [2.05, 4.69) is 52.1 Å². The Bertz CT molecular complexity index is 492. The molecule has 0 amide bonds. The normalized spacial score (nSPS) is 10.2. The van der Waals surface area contributed by atoms with Crippen LogP contribution in [-0.2, 0) is 6.54 Å². The van der Waals surface area contributed by atoms with Crippen LogP contribution in [0.3, 0.4) is 0 Å². The van der Waals surface area contributed by atoms with Gasteiger partial charge in [0, 0.05) is 0 Å². The molecular formula is C6H6BrN7O. The molecule has 0 atom stereocenters. The van der Waals surface area contributed by atoms with Crippen LogP contribution in [0.25, 0.3) is 0 Å². The summed E-state index contributed by atoms with van der Waals surface area (Å²) in [5.74, 6) is 0.502. The van der Waals surface area contributed by atoms with Crippen molar-refractivity contribution in [1.82, 2.24) is 30.8 Å². The molecule has 0 aliphatic rings. The second-order valence-electron chi connectivity index (χ2n) is 2.61. The smallest absolute Gasteiger partial charge is 0.280 e. The van der Waals surface area contributed by atoms with Crippen molar-refractivity contribution in [3.63, 3.8) is 0 Å². The van der Waals surface area contributed by atoms with Crippen LogP contribution in [0.15, 0.2) is 15.5 Å². The van der Waals surface area contributed by atoms with E-state index < -0.39 is 0 Å². The molecule has 2 heterocycles. The maximum absolute atomic E-state index is 11.1. The summed E-state index contributed by atoms with van der Waals surface area (Å²) in [7, 11) is 0. The molecule has 0 aliphatic heterocycles. The molecular weight excluding hydrogens is 266 g/mol. The summed E-state index contributed by atoms with van der Waals surface area (Å²) >= 11 is 3.13. The van der Waals surface area contributed by atoms with E-state index in [1.807, 2.05) is 0 Å². The number of aromatic nitrogens is 6. The van der Waals surface area contributed by atoms with Crippen LogP contribution in [0.4, 0.5) is 5.69 Å². The van der Waals surface area contributed by atoms with E-state index in [0.29, 0.717) is 22.5 Å². The van der Waals surface area contributed by atoms with Gasteiger partial charge >= 0.3 is 0 Å². The molecule has 2 aromatic rings. The monoisotopic (exact) mass is 271 g/mol. The number of nitrogens with one attached hydrogen (secondary N) is 3. The van der Waals surface area contributed by atoms with Crippen molar-refractivity contribution in [2.24, 2.45) is 0 Å². The molecule has 0 spiro atoms. The van der Waals surface area contributed by atoms with Crippen LogP contribution in [0.5, 0.6) is 0 Å². The lowest BCUT2D eigenvalue weighted by molar-refractivity contribution is 0.881. The van der Waals surface area contributed by atoms with Gasteiger partial charge in [0.1, 0.15) is 4.47 Å². The lowest BCUT2D eigenvalue weighted by Gasteiger charge is -2.03. The molecule has 2 rings (SSSR count). The molecule has 0 aromatic carbocycles. The molecule has 8 nitrogen and oxygen atoms in total. The number of H-pyrrole nitrogens is 2. The van der Waals surface area contributed by atoms with Gasteiger partial charge in [-0.2, -0.15) is 10.3 Å². The zero-order chi connectivity index (χ0) is 10.7. The minimum absolute atomic E-state index is 0.298. The van der Waals surface area contributed by atoms with Crippen molar-refractivity contribution in [2.45, 2.75) is 6.54 Å². The zero-order valence-electron chi connectivity index (χ0n) is 7.36. The summed E-state index contributed by atoms with van der Waals surface area (Å²) in [5, 5.41) is 22.1. The molecule has 0 aliphatic carbocycles. The minimum Gasteiger partial charge on any atom is -0.375 e. The Labute approximate surface area is 91.6 Å². The predicted octanol–water partition coefficient (Wildman–Crippen LogP) is -0.342.